The van der Waals surface area contributed by atoms with Crippen LogP contribution in [0.1, 0.15) is 45.0 Å². The second-order valence-electron chi connectivity index (χ2n) is 7.99. The number of halogens is 1. The molecule has 2 aromatic rings. The summed E-state index contributed by atoms with van der Waals surface area (Å²) in [5.74, 6) is -1.39. The Kier molecular flexibility index (Phi) is 6.69. The molecule has 8 nitrogen and oxygen atoms in total. The van der Waals surface area contributed by atoms with Gasteiger partial charge in [-0.15, -0.1) is 0 Å². The molecule has 156 valence electrons. The average Bonchev–Trinajstić information content (AvgIpc) is 2.62. The van der Waals surface area contributed by atoms with Crippen molar-refractivity contribution < 1.29 is 14.3 Å². The molecule has 0 saturated heterocycles. The fraction of sp³-hybridized carbons (Fsp3) is 0.400. The van der Waals surface area contributed by atoms with Crippen LogP contribution in [0.25, 0.3) is 10.8 Å². The maximum absolute atomic E-state index is 12.8. The van der Waals surface area contributed by atoms with Crippen molar-refractivity contribution in [2.75, 3.05) is 4.42 Å². The first-order chi connectivity index (χ1) is 13.4. The Labute approximate surface area is 175 Å². The lowest BCUT2D eigenvalue weighted by Crippen LogP contribution is -2.47. The van der Waals surface area contributed by atoms with Gasteiger partial charge < -0.3 is 15.8 Å². The van der Waals surface area contributed by atoms with Gasteiger partial charge in [0.05, 0.1) is 11.9 Å². The first kappa shape index (κ1) is 22.4. The summed E-state index contributed by atoms with van der Waals surface area (Å²) in [7, 11) is 0. The number of anilines is 1. The lowest BCUT2D eigenvalue weighted by Gasteiger charge is -2.26. The summed E-state index contributed by atoms with van der Waals surface area (Å²) in [6.07, 6.45) is 3.06. The Hall–Kier alpha value is -2.87. The monoisotopic (exact) mass is 419 g/mol. The number of nitrogens with two attached hydrogens (primary N) is 1. The lowest BCUT2D eigenvalue weighted by atomic mass is 10.0. The normalized spacial score (nSPS) is 12.5. The minimum Gasteiger partial charge on any atom is -0.458 e. The van der Waals surface area contributed by atoms with E-state index in [9.17, 15) is 9.59 Å². The highest BCUT2D eigenvalue weighted by molar-refractivity contribution is 6.38. The van der Waals surface area contributed by atoms with Crippen LogP contribution in [-0.4, -0.2) is 34.5 Å². The molecule has 9 heteroatoms. The summed E-state index contributed by atoms with van der Waals surface area (Å²) < 4.78 is 6.40. The molecule has 1 atom stereocenters. The number of amides is 1. The number of pyridine rings is 1. The number of aromatic nitrogens is 1. The third-order valence-corrected chi connectivity index (χ3v) is 4.40. The van der Waals surface area contributed by atoms with Crippen LogP contribution in [-0.2, 0) is 9.53 Å². The number of guanidine groups is 1. The first-order valence-electron chi connectivity index (χ1n) is 9.12. The number of carbonyl (C=O) groups is 2. The largest absolute Gasteiger partial charge is 0.458 e. The van der Waals surface area contributed by atoms with Crippen molar-refractivity contribution in [2.24, 2.45) is 11.7 Å². The molecule has 0 unspecified atom stereocenters. The molecule has 1 aromatic carbocycles. The third kappa shape index (κ3) is 5.57. The van der Waals surface area contributed by atoms with Gasteiger partial charge in [-0.2, -0.15) is 0 Å². The topological polar surface area (TPSA) is 121 Å². The minimum absolute atomic E-state index is 0.150. The van der Waals surface area contributed by atoms with E-state index >= 15 is 0 Å². The lowest BCUT2D eigenvalue weighted by molar-refractivity contribution is -0.158. The Balaban J connectivity index is 2.30. The maximum atomic E-state index is 12.8. The number of nitrogens with zero attached hydrogens (tertiary/aromatic N) is 2. The Bertz CT molecular complexity index is 939. The van der Waals surface area contributed by atoms with Crippen LogP contribution in [0, 0.1) is 11.3 Å². The van der Waals surface area contributed by atoms with Gasteiger partial charge in [0, 0.05) is 34.3 Å². The maximum Gasteiger partial charge on any atom is 0.329 e. The van der Waals surface area contributed by atoms with Crippen LogP contribution in [0.3, 0.4) is 0 Å². The fourth-order valence-electron chi connectivity index (χ4n) is 2.68. The molecule has 4 N–H and O–H groups in total. The molecule has 0 aliphatic rings. The van der Waals surface area contributed by atoms with E-state index < -0.39 is 23.5 Å². The highest BCUT2D eigenvalue weighted by Crippen LogP contribution is 2.27. The van der Waals surface area contributed by atoms with Crippen molar-refractivity contribution in [2.45, 2.75) is 46.3 Å². The van der Waals surface area contributed by atoms with Crippen LogP contribution < -0.4 is 15.5 Å². The van der Waals surface area contributed by atoms with Gasteiger partial charge in [0.2, 0.25) is 5.96 Å². The summed E-state index contributed by atoms with van der Waals surface area (Å²) >= 11 is 6.03. The van der Waals surface area contributed by atoms with E-state index in [4.69, 9.17) is 27.7 Å². The summed E-state index contributed by atoms with van der Waals surface area (Å²) in [6.45, 7) is 9.00. The van der Waals surface area contributed by atoms with Gasteiger partial charge in [0.1, 0.15) is 11.6 Å². The highest BCUT2D eigenvalue weighted by Gasteiger charge is 2.29. The molecular weight excluding hydrogens is 394 g/mol. The molecule has 29 heavy (non-hydrogen) atoms. The molecule has 0 bridgehead atoms. The molecule has 1 amide bonds. The molecule has 1 heterocycles. The average molecular weight is 420 g/mol. The van der Waals surface area contributed by atoms with Gasteiger partial charge in [-0.25, -0.2) is 9.21 Å². The number of ether oxygens (including phenoxy) is 1. The Morgan fingerprint density at radius 3 is 2.48 bits per heavy atom. The van der Waals surface area contributed by atoms with Crippen LogP contribution in [0.5, 0.6) is 0 Å². The van der Waals surface area contributed by atoms with Gasteiger partial charge in [-0.1, -0.05) is 19.9 Å². The van der Waals surface area contributed by atoms with Gasteiger partial charge in [-0.3, -0.25) is 15.2 Å². The molecule has 0 radical (unpaired) electrons. The number of nitrogens with one attached hydrogen (secondary N) is 2. The number of fused-ring (bicyclic) bond motifs is 1. The molecule has 1 aromatic heterocycles. The van der Waals surface area contributed by atoms with Crippen molar-refractivity contribution in [3.63, 3.8) is 0 Å². The van der Waals surface area contributed by atoms with Gasteiger partial charge in [-0.05, 0) is 38.8 Å². The SMILES string of the molecule is CC(C)[C@H](NC(=O)c1ccc2c(N(Cl)C(=N)N)cncc2c1)C(=O)OC(C)(C)C. The van der Waals surface area contributed by atoms with E-state index in [0.29, 0.717) is 22.0 Å². The van der Waals surface area contributed by atoms with Crippen LogP contribution in [0.2, 0.25) is 0 Å². The second-order valence-corrected chi connectivity index (χ2v) is 8.33. The Morgan fingerprint density at radius 1 is 1.28 bits per heavy atom. The third-order valence-electron chi connectivity index (χ3n) is 4.04. The molecular formula is C20H26ClN5O3. The zero-order chi connectivity index (χ0) is 21.9. The standard InChI is InChI=1S/C20H26ClN5O3/c1-11(2)16(18(28)29-20(3,4)5)25-17(27)12-6-7-14-13(8-12)9-24-10-15(14)26(21)19(22)23/h6-11,16H,1-5H3,(H3,22,23)(H,25,27)/t16-/m0/s1. The van der Waals surface area contributed by atoms with E-state index in [1.165, 1.54) is 6.20 Å². The zero-order valence-corrected chi connectivity index (χ0v) is 17.9. The molecule has 0 spiro atoms. The number of benzene rings is 1. The molecule has 0 aliphatic heterocycles. The molecule has 0 aliphatic carbocycles. The highest BCUT2D eigenvalue weighted by atomic mass is 35.5. The number of carbonyl (C=O) groups excluding carboxylic acids is 2. The molecule has 0 fully saturated rings. The van der Waals surface area contributed by atoms with Crippen molar-refractivity contribution in [1.82, 2.24) is 10.3 Å². The number of hydrogen-bond acceptors (Lipinski definition) is 5. The van der Waals surface area contributed by atoms with Crippen LogP contribution in [0.4, 0.5) is 5.69 Å². The fourth-order valence-corrected chi connectivity index (χ4v) is 2.81. The van der Waals surface area contributed by atoms with E-state index in [1.54, 1.807) is 45.2 Å². The molecule has 0 saturated carbocycles. The summed E-state index contributed by atoms with van der Waals surface area (Å²) in [5.41, 5.74) is 5.57. The number of hydrogen-bond donors (Lipinski definition) is 3. The van der Waals surface area contributed by atoms with Gasteiger partial charge in [0.15, 0.2) is 0 Å². The van der Waals surface area contributed by atoms with Crippen LogP contribution in [0.15, 0.2) is 30.6 Å². The van der Waals surface area contributed by atoms with Crippen LogP contribution >= 0.6 is 11.8 Å². The Morgan fingerprint density at radius 2 is 1.93 bits per heavy atom. The predicted molar refractivity (Wildman–Crippen MR) is 114 cm³/mol. The van der Waals surface area contributed by atoms with E-state index in [1.807, 2.05) is 13.8 Å². The predicted octanol–water partition coefficient (Wildman–Crippen LogP) is 3.18. The zero-order valence-electron chi connectivity index (χ0n) is 17.1. The van der Waals surface area contributed by atoms with Crippen molar-refractivity contribution in [3.8, 4) is 0 Å². The van der Waals surface area contributed by atoms with Crippen molar-refractivity contribution in [3.05, 3.63) is 36.2 Å². The van der Waals surface area contributed by atoms with E-state index in [0.717, 1.165) is 4.42 Å². The smallest absolute Gasteiger partial charge is 0.329 e. The van der Waals surface area contributed by atoms with E-state index in [2.05, 4.69) is 10.3 Å². The van der Waals surface area contributed by atoms with Crippen molar-refractivity contribution in [1.29, 1.82) is 5.41 Å². The molecule has 2 rings (SSSR count). The van der Waals surface area contributed by atoms with E-state index in [-0.39, 0.29) is 11.9 Å². The number of rotatable bonds is 5. The number of esters is 1. The quantitative estimate of drug-likeness (QED) is 0.296. The van der Waals surface area contributed by atoms with Gasteiger partial charge in [0.25, 0.3) is 5.91 Å². The summed E-state index contributed by atoms with van der Waals surface area (Å²) in [4.78, 5) is 29.3. The second kappa shape index (κ2) is 8.65. The minimum atomic E-state index is -0.780. The summed E-state index contributed by atoms with van der Waals surface area (Å²) in [6, 6.07) is 4.16. The van der Waals surface area contributed by atoms with Gasteiger partial charge >= 0.3 is 5.97 Å². The van der Waals surface area contributed by atoms with Crippen molar-refractivity contribution >= 4 is 46.1 Å². The first-order valence-corrected chi connectivity index (χ1v) is 9.46. The summed E-state index contributed by atoms with van der Waals surface area (Å²) in [5, 5.41) is 11.5.